The zero-order valence-electron chi connectivity index (χ0n) is 22.8. The molecule has 2 aromatic carbocycles. The van der Waals surface area contributed by atoms with Crippen molar-refractivity contribution in [1.82, 2.24) is 35.0 Å². The molecule has 0 unspecified atom stereocenters. The Hall–Kier alpha value is -4.48. The van der Waals surface area contributed by atoms with E-state index < -0.39 is 6.04 Å². The Kier molecular flexibility index (Phi) is 6.73. The normalized spacial score (nSPS) is 16.4. The lowest BCUT2D eigenvalue weighted by molar-refractivity contribution is 0.0997. The number of aryl methyl sites for hydroxylation is 1. The van der Waals surface area contributed by atoms with E-state index in [9.17, 15) is 4.79 Å². The number of nitrogens with one attached hydrogen (secondary N) is 1. The van der Waals surface area contributed by atoms with Crippen LogP contribution in [0, 0.1) is 0 Å². The molecule has 0 saturated carbocycles. The number of aromatic amines is 1. The molecule has 0 amide bonds. The Morgan fingerprint density at radius 2 is 1.80 bits per heavy atom. The number of ether oxygens (including phenoxy) is 2. The van der Waals surface area contributed by atoms with Gasteiger partial charge in [0.1, 0.15) is 18.3 Å². The summed E-state index contributed by atoms with van der Waals surface area (Å²) in [6.07, 6.45) is 2.55. The van der Waals surface area contributed by atoms with Crippen LogP contribution in [0.15, 0.2) is 70.1 Å². The Balaban J connectivity index is 1.19. The number of H-pyrrole nitrogens is 1. The highest BCUT2D eigenvalue weighted by Gasteiger charge is 2.33. The second-order valence-electron chi connectivity index (χ2n) is 10.5. The number of hydrogen-bond donors (Lipinski definition) is 1. The van der Waals surface area contributed by atoms with E-state index in [1.807, 2.05) is 30.3 Å². The summed E-state index contributed by atoms with van der Waals surface area (Å²) >= 11 is 0. The number of furan rings is 1. The van der Waals surface area contributed by atoms with E-state index in [1.165, 1.54) is 11.1 Å². The van der Waals surface area contributed by atoms with Crippen LogP contribution in [0.2, 0.25) is 0 Å². The number of fused-ring (bicyclic) bond motifs is 2. The molecule has 5 heterocycles. The molecular formula is C30H31N7O4. The third-order valence-electron chi connectivity index (χ3n) is 7.95. The molecule has 1 saturated heterocycles. The topological polar surface area (TPSA) is 115 Å². The lowest BCUT2D eigenvalue weighted by Crippen LogP contribution is -2.48. The van der Waals surface area contributed by atoms with E-state index in [4.69, 9.17) is 13.9 Å². The van der Waals surface area contributed by atoms with E-state index in [2.05, 4.69) is 61.5 Å². The minimum absolute atomic E-state index is 0.137. The first-order valence-electron chi connectivity index (χ1n) is 13.9. The van der Waals surface area contributed by atoms with Gasteiger partial charge in [-0.2, -0.15) is 0 Å². The molecule has 41 heavy (non-hydrogen) atoms. The zero-order valence-corrected chi connectivity index (χ0v) is 22.8. The summed E-state index contributed by atoms with van der Waals surface area (Å²) in [5.41, 5.74) is 3.71. The van der Waals surface area contributed by atoms with Crippen molar-refractivity contribution in [2.24, 2.45) is 0 Å². The summed E-state index contributed by atoms with van der Waals surface area (Å²) in [7, 11) is 0. The van der Waals surface area contributed by atoms with Gasteiger partial charge in [0, 0.05) is 43.8 Å². The van der Waals surface area contributed by atoms with Crippen LogP contribution in [-0.4, -0.2) is 68.0 Å². The number of nitrogens with zero attached hydrogens (tertiary/aromatic N) is 6. The van der Waals surface area contributed by atoms with Gasteiger partial charge in [0.15, 0.2) is 17.3 Å². The van der Waals surface area contributed by atoms with Crippen molar-refractivity contribution in [1.29, 1.82) is 0 Å². The van der Waals surface area contributed by atoms with Crippen molar-refractivity contribution >= 4 is 10.9 Å². The maximum Gasteiger partial charge on any atom is 0.253 e. The Bertz CT molecular complexity index is 1720. The summed E-state index contributed by atoms with van der Waals surface area (Å²) < 4.78 is 18.3. The van der Waals surface area contributed by atoms with Gasteiger partial charge in [0.2, 0.25) is 6.79 Å². The third-order valence-corrected chi connectivity index (χ3v) is 7.95. The molecule has 3 aromatic heterocycles. The molecule has 210 valence electrons. The van der Waals surface area contributed by atoms with Crippen molar-refractivity contribution < 1.29 is 13.9 Å². The molecule has 5 aromatic rings. The zero-order chi connectivity index (χ0) is 27.8. The van der Waals surface area contributed by atoms with Gasteiger partial charge in [0.25, 0.3) is 5.56 Å². The smallest absolute Gasteiger partial charge is 0.253 e. The monoisotopic (exact) mass is 553 g/mol. The summed E-state index contributed by atoms with van der Waals surface area (Å²) in [6, 6.07) is 17.6. The molecule has 1 atom stereocenters. The van der Waals surface area contributed by atoms with E-state index in [0.717, 1.165) is 67.3 Å². The number of rotatable bonds is 8. The van der Waals surface area contributed by atoms with Crippen LogP contribution >= 0.6 is 0 Å². The van der Waals surface area contributed by atoms with E-state index in [1.54, 1.807) is 10.9 Å². The van der Waals surface area contributed by atoms with Crippen LogP contribution in [0.5, 0.6) is 11.5 Å². The second kappa shape index (κ2) is 10.8. The van der Waals surface area contributed by atoms with Gasteiger partial charge in [-0.3, -0.25) is 14.6 Å². The molecule has 1 N–H and O–H groups in total. The fourth-order valence-corrected chi connectivity index (χ4v) is 5.74. The standard InChI is InChI=1S/C30H31N7O4/c1-2-20-5-7-25-22(14-20)16-24(30(38)31-25)28(29-32-33-34-37(29)18-23-4-3-13-39-23)36-11-9-35(10-12-36)17-21-6-8-26-27(15-21)41-19-40-26/h3-8,13-16,28H,2,9-12,17-19H2,1H3,(H,31,38)/t28-/m0/s1. The van der Waals surface area contributed by atoms with Crippen molar-refractivity contribution in [2.45, 2.75) is 32.5 Å². The second-order valence-corrected chi connectivity index (χ2v) is 10.5. The average molecular weight is 554 g/mol. The van der Waals surface area contributed by atoms with Crippen LogP contribution in [0.25, 0.3) is 10.9 Å². The van der Waals surface area contributed by atoms with Gasteiger partial charge in [-0.1, -0.05) is 19.1 Å². The molecule has 11 heteroatoms. The number of piperazine rings is 1. The SMILES string of the molecule is CCc1ccc2[nH]c(=O)c([C@@H](c3nnnn3Cc3ccco3)N3CCN(Cc4ccc5c(c4)OCO5)CC3)cc2c1. The predicted octanol–water partition coefficient (Wildman–Crippen LogP) is 3.35. The largest absolute Gasteiger partial charge is 0.467 e. The minimum Gasteiger partial charge on any atom is -0.467 e. The highest BCUT2D eigenvalue weighted by atomic mass is 16.7. The van der Waals surface area contributed by atoms with Crippen molar-refractivity contribution in [2.75, 3.05) is 33.0 Å². The number of hydrogen-bond acceptors (Lipinski definition) is 9. The van der Waals surface area contributed by atoms with Crippen molar-refractivity contribution in [3.05, 3.63) is 99.5 Å². The molecule has 1 fully saturated rings. The summed E-state index contributed by atoms with van der Waals surface area (Å²) in [5, 5.41) is 13.7. The molecular weight excluding hydrogens is 522 g/mol. The highest BCUT2D eigenvalue weighted by Crippen LogP contribution is 2.33. The van der Waals surface area contributed by atoms with Crippen LogP contribution in [0.4, 0.5) is 0 Å². The number of pyridine rings is 1. The van der Waals surface area contributed by atoms with Gasteiger partial charge in [-0.25, -0.2) is 4.68 Å². The van der Waals surface area contributed by atoms with Crippen molar-refractivity contribution in [3.63, 3.8) is 0 Å². The van der Waals surface area contributed by atoms with Gasteiger partial charge >= 0.3 is 0 Å². The quantitative estimate of drug-likeness (QED) is 0.309. The first kappa shape index (κ1) is 25.5. The molecule has 0 spiro atoms. The first-order valence-corrected chi connectivity index (χ1v) is 13.9. The van der Waals surface area contributed by atoms with Gasteiger partial charge in [-0.15, -0.1) is 5.10 Å². The lowest BCUT2D eigenvalue weighted by atomic mass is 10.0. The minimum atomic E-state index is -0.425. The van der Waals surface area contributed by atoms with Crippen LogP contribution in [0.3, 0.4) is 0 Å². The molecule has 7 rings (SSSR count). The molecule has 0 bridgehead atoms. The summed E-state index contributed by atoms with van der Waals surface area (Å²) in [6.45, 7) is 6.73. The average Bonchev–Trinajstić information content (AvgIpc) is 3.77. The molecule has 11 nitrogen and oxygen atoms in total. The maximum atomic E-state index is 13.6. The van der Waals surface area contributed by atoms with Gasteiger partial charge in [-0.05, 0) is 75.8 Å². The van der Waals surface area contributed by atoms with Crippen LogP contribution in [0.1, 0.15) is 41.2 Å². The fraction of sp³-hybridized carbons (Fsp3) is 0.333. The molecule has 2 aliphatic heterocycles. The fourth-order valence-electron chi connectivity index (χ4n) is 5.74. The molecule has 0 aliphatic carbocycles. The molecule has 2 aliphatic rings. The van der Waals surface area contributed by atoms with Crippen LogP contribution in [-0.2, 0) is 19.5 Å². The number of tetrazole rings is 1. The Morgan fingerprint density at radius 1 is 0.951 bits per heavy atom. The Morgan fingerprint density at radius 3 is 2.63 bits per heavy atom. The van der Waals surface area contributed by atoms with Crippen LogP contribution < -0.4 is 15.0 Å². The van der Waals surface area contributed by atoms with E-state index >= 15 is 0 Å². The highest BCUT2D eigenvalue weighted by molar-refractivity contribution is 5.80. The predicted molar refractivity (Wildman–Crippen MR) is 151 cm³/mol. The van der Waals surface area contributed by atoms with E-state index in [0.29, 0.717) is 17.9 Å². The molecule has 0 radical (unpaired) electrons. The maximum absolute atomic E-state index is 13.6. The number of aromatic nitrogens is 5. The third kappa shape index (κ3) is 5.09. The lowest BCUT2D eigenvalue weighted by Gasteiger charge is -2.38. The van der Waals surface area contributed by atoms with Gasteiger partial charge in [0.05, 0.1) is 6.26 Å². The number of benzene rings is 2. The summed E-state index contributed by atoms with van der Waals surface area (Å²) in [5.74, 6) is 2.94. The Labute approximate surface area is 236 Å². The summed E-state index contributed by atoms with van der Waals surface area (Å²) in [4.78, 5) is 21.4. The van der Waals surface area contributed by atoms with E-state index in [-0.39, 0.29) is 12.4 Å². The first-order chi connectivity index (χ1) is 20.1. The van der Waals surface area contributed by atoms with Crippen molar-refractivity contribution in [3.8, 4) is 11.5 Å². The van der Waals surface area contributed by atoms with Gasteiger partial charge < -0.3 is 18.9 Å².